The molecule has 0 saturated carbocycles. The summed E-state index contributed by atoms with van der Waals surface area (Å²) >= 11 is 0. The van der Waals surface area contributed by atoms with Gasteiger partial charge in [0.15, 0.2) is 0 Å². The highest BCUT2D eigenvalue weighted by atomic mass is 19.4. The lowest BCUT2D eigenvalue weighted by Gasteiger charge is -2.32. The Morgan fingerprint density at radius 1 is 1.17 bits per heavy atom. The number of piperidine rings is 1. The lowest BCUT2D eigenvalue weighted by molar-refractivity contribution is -0.161. The normalized spacial score (nSPS) is 25.2. The van der Waals surface area contributed by atoms with Crippen molar-refractivity contribution in [3.05, 3.63) is 35.4 Å². The highest BCUT2D eigenvalue weighted by Gasteiger charge is 2.42. The summed E-state index contributed by atoms with van der Waals surface area (Å²) in [5.41, 5.74) is 0.0331. The first kappa shape index (κ1) is 13.3. The van der Waals surface area contributed by atoms with Crippen LogP contribution in [0.5, 0.6) is 0 Å². The van der Waals surface area contributed by atoms with Crippen molar-refractivity contribution in [2.75, 3.05) is 6.54 Å². The molecule has 1 heterocycles. The predicted molar refractivity (Wildman–Crippen MR) is 56.2 cm³/mol. The molecule has 1 nitrogen and oxygen atoms in total. The van der Waals surface area contributed by atoms with Crippen molar-refractivity contribution in [3.63, 3.8) is 0 Å². The SMILES string of the molecule is Fc1ccc(F)c(C2CCNC(C(F)(F)F)C2)c1. The van der Waals surface area contributed by atoms with Crippen LogP contribution in [-0.2, 0) is 0 Å². The zero-order chi connectivity index (χ0) is 13.3. The molecule has 6 heteroatoms. The van der Waals surface area contributed by atoms with Gasteiger partial charge < -0.3 is 5.32 Å². The van der Waals surface area contributed by atoms with Gasteiger partial charge in [-0.3, -0.25) is 0 Å². The second-order valence-corrected chi connectivity index (χ2v) is 4.44. The Labute approximate surface area is 101 Å². The zero-order valence-electron chi connectivity index (χ0n) is 9.40. The van der Waals surface area contributed by atoms with Crippen LogP contribution < -0.4 is 5.32 Å². The first-order valence-corrected chi connectivity index (χ1v) is 5.63. The van der Waals surface area contributed by atoms with Crippen molar-refractivity contribution in [1.29, 1.82) is 0 Å². The van der Waals surface area contributed by atoms with E-state index in [4.69, 9.17) is 0 Å². The Hall–Kier alpha value is -1.17. The van der Waals surface area contributed by atoms with Gasteiger partial charge in [-0.2, -0.15) is 13.2 Å². The standard InChI is InChI=1S/C12H12F5N/c13-8-1-2-10(14)9(6-8)7-3-4-18-11(5-7)12(15,16)17/h1-2,6-7,11,18H,3-5H2. The first-order chi connectivity index (χ1) is 8.38. The molecule has 0 aromatic heterocycles. The van der Waals surface area contributed by atoms with E-state index >= 15 is 0 Å². The molecule has 1 aliphatic heterocycles. The van der Waals surface area contributed by atoms with Crippen LogP contribution in [0.2, 0.25) is 0 Å². The molecule has 2 unspecified atom stereocenters. The maximum absolute atomic E-state index is 13.5. The van der Waals surface area contributed by atoms with Crippen LogP contribution in [-0.4, -0.2) is 18.8 Å². The summed E-state index contributed by atoms with van der Waals surface area (Å²) in [5.74, 6) is -1.88. The molecule has 0 aliphatic carbocycles. The third kappa shape index (κ3) is 2.80. The van der Waals surface area contributed by atoms with Gasteiger partial charge in [0, 0.05) is 0 Å². The van der Waals surface area contributed by atoms with Gasteiger partial charge in [-0.15, -0.1) is 0 Å². The summed E-state index contributed by atoms with van der Waals surface area (Å²) in [6, 6.07) is 1.24. The average Bonchev–Trinajstić information content (AvgIpc) is 2.31. The van der Waals surface area contributed by atoms with Crippen LogP contribution in [0.25, 0.3) is 0 Å². The second-order valence-electron chi connectivity index (χ2n) is 4.44. The molecule has 0 radical (unpaired) electrons. The van der Waals surface area contributed by atoms with Crippen LogP contribution in [0.4, 0.5) is 22.0 Å². The molecule has 1 fully saturated rings. The minimum absolute atomic E-state index is 0.0331. The van der Waals surface area contributed by atoms with Gasteiger partial charge in [0.25, 0.3) is 0 Å². The minimum atomic E-state index is -4.36. The Bertz CT molecular complexity index is 429. The summed E-state index contributed by atoms with van der Waals surface area (Å²) in [6.07, 6.45) is -4.25. The highest BCUT2D eigenvalue weighted by molar-refractivity contribution is 5.24. The van der Waals surface area contributed by atoms with Gasteiger partial charge in [0.2, 0.25) is 0 Å². The number of benzene rings is 1. The fraction of sp³-hybridized carbons (Fsp3) is 0.500. The molecular formula is C12H12F5N. The van der Waals surface area contributed by atoms with Crippen LogP contribution in [0.3, 0.4) is 0 Å². The molecule has 0 spiro atoms. The Morgan fingerprint density at radius 3 is 2.56 bits per heavy atom. The second kappa shape index (κ2) is 4.84. The maximum atomic E-state index is 13.5. The van der Waals surface area contributed by atoms with E-state index in [9.17, 15) is 22.0 Å². The van der Waals surface area contributed by atoms with Crippen LogP contribution in [0, 0.1) is 11.6 Å². The molecule has 1 N–H and O–H groups in total. The van der Waals surface area contributed by atoms with E-state index < -0.39 is 29.8 Å². The van der Waals surface area contributed by atoms with Gasteiger partial charge in [0.1, 0.15) is 17.7 Å². The molecule has 1 aliphatic rings. The lowest BCUT2D eigenvalue weighted by atomic mass is 9.86. The molecule has 1 aromatic carbocycles. The molecule has 0 amide bonds. The summed E-state index contributed by atoms with van der Waals surface area (Å²) in [6.45, 7) is 0.144. The van der Waals surface area contributed by atoms with E-state index in [0.717, 1.165) is 18.2 Å². The summed E-state index contributed by atoms with van der Waals surface area (Å²) in [4.78, 5) is 0. The van der Waals surface area contributed by atoms with E-state index in [1.54, 1.807) is 0 Å². The lowest BCUT2D eigenvalue weighted by Crippen LogP contribution is -2.47. The fourth-order valence-electron chi connectivity index (χ4n) is 2.28. The van der Waals surface area contributed by atoms with Crippen molar-refractivity contribution >= 4 is 0 Å². The molecule has 2 atom stereocenters. The van der Waals surface area contributed by atoms with Crippen LogP contribution >= 0.6 is 0 Å². The van der Waals surface area contributed by atoms with Crippen molar-refractivity contribution in [2.45, 2.75) is 31.0 Å². The van der Waals surface area contributed by atoms with Gasteiger partial charge in [-0.05, 0) is 49.1 Å². The minimum Gasteiger partial charge on any atom is -0.306 e. The number of halogens is 5. The van der Waals surface area contributed by atoms with Gasteiger partial charge in [-0.25, -0.2) is 8.78 Å². The first-order valence-electron chi connectivity index (χ1n) is 5.63. The Kier molecular flexibility index (Phi) is 3.56. The van der Waals surface area contributed by atoms with Crippen LogP contribution in [0.15, 0.2) is 18.2 Å². The zero-order valence-corrected chi connectivity index (χ0v) is 9.40. The largest absolute Gasteiger partial charge is 0.403 e. The summed E-state index contributed by atoms with van der Waals surface area (Å²) in [5, 5.41) is 2.35. The number of alkyl halides is 3. The van der Waals surface area contributed by atoms with E-state index in [1.165, 1.54) is 0 Å². The van der Waals surface area contributed by atoms with Crippen LogP contribution in [0.1, 0.15) is 24.3 Å². The predicted octanol–water partition coefficient (Wildman–Crippen LogP) is 3.36. The van der Waals surface area contributed by atoms with E-state index in [2.05, 4.69) is 5.32 Å². The van der Waals surface area contributed by atoms with E-state index in [1.807, 2.05) is 0 Å². The molecule has 1 saturated heterocycles. The summed E-state index contributed by atoms with van der Waals surface area (Å²) in [7, 11) is 0. The summed E-state index contributed by atoms with van der Waals surface area (Å²) < 4.78 is 64.3. The van der Waals surface area contributed by atoms with Crippen molar-refractivity contribution in [1.82, 2.24) is 5.32 Å². The molecule has 2 rings (SSSR count). The smallest absolute Gasteiger partial charge is 0.306 e. The van der Waals surface area contributed by atoms with E-state index in [0.29, 0.717) is 6.42 Å². The van der Waals surface area contributed by atoms with Crippen molar-refractivity contribution < 1.29 is 22.0 Å². The quantitative estimate of drug-likeness (QED) is 0.768. The van der Waals surface area contributed by atoms with Crippen molar-refractivity contribution in [2.24, 2.45) is 0 Å². The third-order valence-corrected chi connectivity index (χ3v) is 3.20. The molecule has 100 valence electrons. The molecule has 1 aromatic rings. The maximum Gasteiger partial charge on any atom is 0.403 e. The third-order valence-electron chi connectivity index (χ3n) is 3.20. The average molecular weight is 265 g/mol. The Balaban J connectivity index is 2.21. The van der Waals surface area contributed by atoms with Gasteiger partial charge in [-0.1, -0.05) is 0 Å². The molecular weight excluding hydrogens is 253 g/mol. The highest BCUT2D eigenvalue weighted by Crippen LogP contribution is 2.35. The van der Waals surface area contributed by atoms with Crippen molar-refractivity contribution in [3.8, 4) is 0 Å². The molecule has 18 heavy (non-hydrogen) atoms. The molecule has 0 bridgehead atoms. The van der Waals surface area contributed by atoms with Gasteiger partial charge in [0.05, 0.1) is 0 Å². The number of rotatable bonds is 1. The van der Waals surface area contributed by atoms with Gasteiger partial charge >= 0.3 is 6.18 Å². The number of hydrogen-bond acceptors (Lipinski definition) is 1. The fourth-order valence-corrected chi connectivity index (χ4v) is 2.28. The Morgan fingerprint density at radius 2 is 1.89 bits per heavy atom. The van der Waals surface area contributed by atoms with E-state index in [-0.39, 0.29) is 18.5 Å². The monoisotopic (exact) mass is 265 g/mol. The topological polar surface area (TPSA) is 12.0 Å². The number of hydrogen-bond donors (Lipinski definition) is 1. The number of nitrogens with one attached hydrogen (secondary N) is 1.